The van der Waals surface area contributed by atoms with Crippen molar-refractivity contribution in [1.82, 2.24) is 9.97 Å². The average molecular weight is 337 g/mol. The molecule has 0 saturated heterocycles. The van der Waals surface area contributed by atoms with Crippen LogP contribution in [0, 0.1) is 6.92 Å². The summed E-state index contributed by atoms with van der Waals surface area (Å²) in [4.78, 5) is 8.99. The predicted molar refractivity (Wildman–Crippen MR) is 92.4 cm³/mol. The van der Waals surface area contributed by atoms with E-state index in [9.17, 15) is 0 Å². The number of nitrogens with one attached hydrogen (secondary N) is 2. The molecule has 1 heterocycles. The summed E-state index contributed by atoms with van der Waals surface area (Å²) in [5.41, 5.74) is 1.68. The molecule has 1 aliphatic carbocycles. The number of anilines is 3. The van der Waals surface area contributed by atoms with Gasteiger partial charge in [-0.3, -0.25) is 0 Å². The molecular formula is C16H18Cl2N4. The Morgan fingerprint density at radius 3 is 2.59 bits per heavy atom. The molecule has 1 aromatic heterocycles. The van der Waals surface area contributed by atoms with Crippen molar-refractivity contribution in [3.63, 3.8) is 0 Å². The molecule has 1 saturated carbocycles. The lowest BCUT2D eigenvalue weighted by Crippen LogP contribution is -2.17. The van der Waals surface area contributed by atoms with E-state index in [2.05, 4.69) is 20.6 Å². The van der Waals surface area contributed by atoms with Crippen LogP contribution in [0.1, 0.15) is 31.4 Å². The van der Waals surface area contributed by atoms with Gasteiger partial charge in [0.15, 0.2) is 0 Å². The number of nitrogens with zero attached hydrogens (tertiary/aromatic N) is 2. The number of halogens is 2. The number of hydrogen-bond donors (Lipinski definition) is 2. The highest BCUT2D eigenvalue weighted by Crippen LogP contribution is 2.28. The van der Waals surface area contributed by atoms with Crippen molar-refractivity contribution in [3.05, 3.63) is 40.0 Å². The molecule has 4 nitrogen and oxygen atoms in total. The first kappa shape index (κ1) is 15.4. The lowest BCUT2D eigenvalue weighted by Gasteiger charge is -2.14. The molecule has 0 aliphatic heterocycles. The van der Waals surface area contributed by atoms with Crippen LogP contribution in [0.3, 0.4) is 0 Å². The van der Waals surface area contributed by atoms with Gasteiger partial charge in [-0.2, -0.15) is 4.98 Å². The molecule has 1 aliphatic rings. The van der Waals surface area contributed by atoms with Gasteiger partial charge in [-0.1, -0.05) is 36.0 Å². The van der Waals surface area contributed by atoms with E-state index in [0.717, 1.165) is 17.2 Å². The van der Waals surface area contributed by atoms with Crippen molar-refractivity contribution >= 4 is 40.7 Å². The molecule has 2 N–H and O–H groups in total. The standard InChI is InChI=1S/C16H18Cl2N4/c1-10-8-15(21-14-7-6-11(17)9-13(14)18)22-16(19-10)20-12-4-2-3-5-12/h6-9,12H,2-5H2,1H3,(H2,19,20,21,22). The van der Waals surface area contributed by atoms with E-state index in [1.807, 2.05) is 19.1 Å². The van der Waals surface area contributed by atoms with Crippen LogP contribution >= 0.6 is 23.2 Å². The Kier molecular flexibility index (Phi) is 4.69. The van der Waals surface area contributed by atoms with Crippen molar-refractivity contribution in [2.45, 2.75) is 38.6 Å². The van der Waals surface area contributed by atoms with Gasteiger partial charge in [0, 0.05) is 22.8 Å². The Bertz CT molecular complexity index is 669. The summed E-state index contributed by atoms with van der Waals surface area (Å²) in [6.07, 6.45) is 4.91. The molecule has 0 unspecified atom stereocenters. The highest BCUT2D eigenvalue weighted by atomic mass is 35.5. The fourth-order valence-corrected chi connectivity index (χ4v) is 3.13. The van der Waals surface area contributed by atoms with Crippen molar-refractivity contribution in [2.75, 3.05) is 10.6 Å². The molecule has 0 spiro atoms. The van der Waals surface area contributed by atoms with E-state index in [1.54, 1.807) is 12.1 Å². The molecule has 116 valence electrons. The van der Waals surface area contributed by atoms with Crippen LogP contribution < -0.4 is 10.6 Å². The number of hydrogen-bond acceptors (Lipinski definition) is 4. The number of aryl methyl sites for hydroxylation is 1. The highest BCUT2D eigenvalue weighted by Gasteiger charge is 2.16. The molecule has 3 rings (SSSR count). The van der Waals surface area contributed by atoms with Gasteiger partial charge in [-0.25, -0.2) is 4.98 Å². The molecule has 6 heteroatoms. The summed E-state index contributed by atoms with van der Waals surface area (Å²) >= 11 is 12.1. The van der Waals surface area contributed by atoms with Crippen LogP contribution in [0.2, 0.25) is 10.0 Å². The van der Waals surface area contributed by atoms with Crippen LogP contribution in [0.15, 0.2) is 24.3 Å². The average Bonchev–Trinajstić information content (AvgIpc) is 2.94. The first-order chi connectivity index (χ1) is 10.6. The maximum Gasteiger partial charge on any atom is 0.225 e. The van der Waals surface area contributed by atoms with Gasteiger partial charge in [0.2, 0.25) is 5.95 Å². The maximum absolute atomic E-state index is 6.19. The van der Waals surface area contributed by atoms with Crippen molar-refractivity contribution in [3.8, 4) is 0 Å². The minimum absolute atomic E-state index is 0.480. The normalized spacial score (nSPS) is 15.0. The van der Waals surface area contributed by atoms with E-state index in [-0.39, 0.29) is 0 Å². The van der Waals surface area contributed by atoms with Crippen LogP contribution in [0.25, 0.3) is 0 Å². The number of rotatable bonds is 4. The van der Waals surface area contributed by atoms with E-state index in [0.29, 0.717) is 22.0 Å². The zero-order chi connectivity index (χ0) is 15.5. The van der Waals surface area contributed by atoms with E-state index >= 15 is 0 Å². The van der Waals surface area contributed by atoms with Crippen molar-refractivity contribution in [2.24, 2.45) is 0 Å². The first-order valence-corrected chi connectivity index (χ1v) is 8.20. The minimum atomic E-state index is 0.480. The summed E-state index contributed by atoms with van der Waals surface area (Å²) < 4.78 is 0. The molecule has 1 aromatic carbocycles. The Morgan fingerprint density at radius 2 is 1.86 bits per heavy atom. The molecular weight excluding hydrogens is 319 g/mol. The molecule has 0 radical (unpaired) electrons. The van der Waals surface area contributed by atoms with Crippen LogP contribution in [-0.4, -0.2) is 16.0 Å². The van der Waals surface area contributed by atoms with Gasteiger partial charge >= 0.3 is 0 Å². The Hall–Kier alpha value is -1.52. The van der Waals surface area contributed by atoms with Gasteiger partial charge in [0.05, 0.1) is 10.7 Å². The van der Waals surface area contributed by atoms with Gasteiger partial charge < -0.3 is 10.6 Å². The highest BCUT2D eigenvalue weighted by molar-refractivity contribution is 6.36. The van der Waals surface area contributed by atoms with Gasteiger partial charge in [0.1, 0.15) is 5.82 Å². The zero-order valence-corrected chi connectivity index (χ0v) is 13.9. The summed E-state index contributed by atoms with van der Waals surface area (Å²) in [7, 11) is 0. The third-order valence-electron chi connectivity index (χ3n) is 3.74. The molecule has 2 aromatic rings. The summed E-state index contributed by atoms with van der Waals surface area (Å²) in [6.45, 7) is 1.95. The molecule has 22 heavy (non-hydrogen) atoms. The van der Waals surface area contributed by atoms with E-state index in [4.69, 9.17) is 23.2 Å². The summed E-state index contributed by atoms with van der Waals surface area (Å²) in [5, 5.41) is 7.81. The van der Waals surface area contributed by atoms with Crippen LogP contribution in [0.5, 0.6) is 0 Å². The van der Waals surface area contributed by atoms with Gasteiger partial charge in [-0.15, -0.1) is 0 Å². The largest absolute Gasteiger partial charge is 0.351 e. The van der Waals surface area contributed by atoms with Crippen molar-refractivity contribution < 1.29 is 0 Å². The quantitative estimate of drug-likeness (QED) is 0.806. The van der Waals surface area contributed by atoms with Gasteiger partial charge in [-0.05, 0) is 38.0 Å². The molecule has 0 bridgehead atoms. The van der Waals surface area contributed by atoms with Crippen LogP contribution in [-0.2, 0) is 0 Å². The Morgan fingerprint density at radius 1 is 1.09 bits per heavy atom. The maximum atomic E-state index is 6.19. The Labute approximate surface area is 140 Å². The molecule has 0 amide bonds. The van der Waals surface area contributed by atoms with E-state index in [1.165, 1.54) is 25.7 Å². The first-order valence-electron chi connectivity index (χ1n) is 7.44. The summed E-state index contributed by atoms with van der Waals surface area (Å²) in [6, 6.07) is 7.71. The molecule has 0 atom stereocenters. The minimum Gasteiger partial charge on any atom is -0.351 e. The number of benzene rings is 1. The fraction of sp³-hybridized carbons (Fsp3) is 0.375. The topological polar surface area (TPSA) is 49.8 Å². The van der Waals surface area contributed by atoms with Crippen LogP contribution in [0.4, 0.5) is 17.5 Å². The number of aromatic nitrogens is 2. The lowest BCUT2D eigenvalue weighted by atomic mass is 10.2. The Balaban J connectivity index is 1.79. The zero-order valence-electron chi connectivity index (χ0n) is 12.4. The monoisotopic (exact) mass is 336 g/mol. The SMILES string of the molecule is Cc1cc(Nc2ccc(Cl)cc2Cl)nc(NC2CCCC2)n1. The van der Waals surface area contributed by atoms with E-state index < -0.39 is 0 Å². The second-order valence-corrected chi connectivity index (χ2v) is 6.44. The van der Waals surface area contributed by atoms with Crippen molar-refractivity contribution in [1.29, 1.82) is 0 Å². The predicted octanol–water partition coefficient (Wildman–Crippen LogP) is 5.19. The third-order valence-corrected chi connectivity index (χ3v) is 4.28. The smallest absolute Gasteiger partial charge is 0.225 e. The lowest BCUT2D eigenvalue weighted by molar-refractivity contribution is 0.743. The third kappa shape index (κ3) is 3.81. The second-order valence-electron chi connectivity index (χ2n) is 5.59. The molecule has 1 fully saturated rings. The summed E-state index contributed by atoms with van der Waals surface area (Å²) in [5.74, 6) is 1.39. The second kappa shape index (κ2) is 6.71. The van der Waals surface area contributed by atoms with Gasteiger partial charge in [0.25, 0.3) is 0 Å². The fourth-order valence-electron chi connectivity index (χ4n) is 2.68.